The summed E-state index contributed by atoms with van der Waals surface area (Å²) in [6.45, 7) is 3.64. The van der Waals surface area contributed by atoms with Gasteiger partial charge < -0.3 is 15.1 Å². The van der Waals surface area contributed by atoms with Crippen LogP contribution in [0, 0.1) is 0 Å². The Morgan fingerprint density at radius 3 is 2.11 bits per heavy atom. The molecular formula is C22H29N5O. The quantitative estimate of drug-likeness (QED) is 0.827. The SMILES string of the molecule is O=C(NC1CCCCCC1)c1cnc(N2CCN(c3ccccc3)CC2)nc1. The smallest absolute Gasteiger partial charge is 0.254 e. The van der Waals surface area contributed by atoms with Crippen molar-refractivity contribution >= 4 is 17.5 Å². The normalized spacial score (nSPS) is 18.6. The van der Waals surface area contributed by atoms with Crippen molar-refractivity contribution in [1.29, 1.82) is 0 Å². The van der Waals surface area contributed by atoms with Crippen molar-refractivity contribution in [2.75, 3.05) is 36.0 Å². The molecule has 2 aromatic rings. The van der Waals surface area contributed by atoms with Crippen LogP contribution in [0.2, 0.25) is 0 Å². The first kappa shape index (κ1) is 18.7. The lowest BCUT2D eigenvalue weighted by Gasteiger charge is -2.36. The van der Waals surface area contributed by atoms with Gasteiger partial charge in [0.05, 0.1) is 5.56 Å². The standard InChI is InChI=1S/C22H29N5O/c28-21(25-19-8-4-1-2-5-9-19)18-16-23-22(24-17-18)27-14-12-26(13-15-27)20-10-6-3-7-11-20/h3,6-7,10-11,16-17,19H,1-2,4-5,8-9,12-15H2,(H,25,28). The van der Waals surface area contributed by atoms with E-state index in [4.69, 9.17) is 0 Å². The van der Waals surface area contributed by atoms with Gasteiger partial charge in [-0.1, -0.05) is 43.9 Å². The summed E-state index contributed by atoms with van der Waals surface area (Å²) in [5.41, 5.74) is 1.81. The first-order chi connectivity index (χ1) is 13.8. The Morgan fingerprint density at radius 1 is 0.857 bits per heavy atom. The third kappa shape index (κ3) is 4.61. The van der Waals surface area contributed by atoms with E-state index in [1.54, 1.807) is 12.4 Å². The van der Waals surface area contributed by atoms with Gasteiger partial charge in [0, 0.05) is 50.3 Å². The molecule has 1 aliphatic heterocycles. The number of para-hydroxylation sites is 1. The van der Waals surface area contributed by atoms with Crippen molar-refractivity contribution in [2.24, 2.45) is 0 Å². The van der Waals surface area contributed by atoms with Gasteiger partial charge >= 0.3 is 0 Å². The molecule has 4 rings (SSSR count). The highest BCUT2D eigenvalue weighted by atomic mass is 16.1. The summed E-state index contributed by atoms with van der Waals surface area (Å²) >= 11 is 0. The van der Waals surface area contributed by atoms with Crippen molar-refractivity contribution in [2.45, 2.75) is 44.6 Å². The minimum atomic E-state index is -0.0488. The third-order valence-corrected chi connectivity index (χ3v) is 5.77. The molecule has 1 aromatic carbocycles. The van der Waals surface area contributed by atoms with Gasteiger partial charge in [0.1, 0.15) is 0 Å². The second-order valence-corrected chi connectivity index (χ2v) is 7.74. The van der Waals surface area contributed by atoms with Crippen LogP contribution in [0.5, 0.6) is 0 Å². The van der Waals surface area contributed by atoms with Gasteiger partial charge in [-0.05, 0) is 25.0 Å². The molecule has 0 bridgehead atoms. The van der Waals surface area contributed by atoms with Crippen LogP contribution in [-0.2, 0) is 0 Å². The molecule has 1 N–H and O–H groups in total. The van der Waals surface area contributed by atoms with Gasteiger partial charge in [-0.3, -0.25) is 4.79 Å². The Morgan fingerprint density at radius 2 is 1.46 bits per heavy atom. The average molecular weight is 380 g/mol. The summed E-state index contributed by atoms with van der Waals surface area (Å²) in [4.78, 5) is 26.0. The number of amides is 1. The average Bonchev–Trinajstić information content (AvgIpc) is 3.03. The topological polar surface area (TPSA) is 61.4 Å². The van der Waals surface area contributed by atoms with Gasteiger partial charge in [-0.2, -0.15) is 0 Å². The predicted molar refractivity (Wildman–Crippen MR) is 112 cm³/mol. The van der Waals surface area contributed by atoms with Crippen LogP contribution >= 0.6 is 0 Å². The number of nitrogens with zero attached hydrogens (tertiary/aromatic N) is 4. The van der Waals surface area contributed by atoms with E-state index in [2.05, 4.69) is 49.4 Å². The van der Waals surface area contributed by atoms with Crippen molar-refractivity contribution < 1.29 is 4.79 Å². The van der Waals surface area contributed by atoms with Crippen LogP contribution in [0.3, 0.4) is 0 Å². The predicted octanol–water partition coefficient (Wildman–Crippen LogP) is 3.26. The summed E-state index contributed by atoms with van der Waals surface area (Å²) < 4.78 is 0. The van der Waals surface area contributed by atoms with E-state index in [0.29, 0.717) is 17.6 Å². The number of hydrogen-bond donors (Lipinski definition) is 1. The number of benzene rings is 1. The number of carbonyl (C=O) groups excluding carboxylic acids is 1. The molecule has 2 fully saturated rings. The zero-order valence-electron chi connectivity index (χ0n) is 16.4. The highest BCUT2D eigenvalue weighted by Crippen LogP contribution is 2.19. The number of nitrogens with one attached hydrogen (secondary N) is 1. The Balaban J connectivity index is 1.31. The monoisotopic (exact) mass is 379 g/mol. The molecule has 0 unspecified atom stereocenters. The summed E-state index contributed by atoms with van der Waals surface area (Å²) in [5, 5.41) is 3.16. The molecule has 28 heavy (non-hydrogen) atoms. The second kappa shape index (κ2) is 9.04. The van der Waals surface area contributed by atoms with E-state index < -0.39 is 0 Å². The van der Waals surface area contributed by atoms with Crippen LogP contribution < -0.4 is 15.1 Å². The minimum Gasteiger partial charge on any atom is -0.368 e. The number of hydrogen-bond acceptors (Lipinski definition) is 5. The number of rotatable bonds is 4. The van der Waals surface area contributed by atoms with Crippen LogP contribution in [0.25, 0.3) is 0 Å². The lowest BCUT2D eigenvalue weighted by molar-refractivity contribution is 0.0932. The highest BCUT2D eigenvalue weighted by Gasteiger charge is 2.20. The van der Waals surface area contributed by atoms with Gasteiger partial charge in [0.25, 0.3) is 5.91 Å². The maximum Gasteiger partial charge on any atom is 0.254 e. The summed E-state index contributed by atoms with van der Waals surface area (Å²) in [5.74, 6) is 0.658. The molecule has 0 radical (unpaired) electrons. The van der Waals surface area contributed by atoms with Crippen LogP contribution in [0.1, 0.15) is 48.9 Å². The fourth-order valence-electron chi connectivity index (χ4n) is 4.10. The molecule has 1 amide bonds. The number of anilines is 2. The van der Waals surface area contributed by atoms with E-state index in [0.717, 1.165) is 39.0 Å². The fourth-order valence-corrected chi connectivity index (χ4v) is 4.10. The molecule has 2 heterocycles. The van der Waals surface area contributed by atoms with Gasteiger partial charge in [-0.25, -0.2) is 9.97 Å². The molecule has 0 atom stereocenters. The lowest BCUT2D eigenvalue weighted by atomic mass is 10.1. The summed E-state index contributed by atoms with van der Waals surface area (Å²) in [7, 11) is 0. The zero-order chi connectivity index (χ0) is 19.2. The van der Waals surface area contributed by atoms with Crippen molar-refractivity contribution in [3.8, 4) is 0 Å². The molecule has 1 saturated carbocycles. The maximum atomic E-state index is 12.5. The maximum absolute atomic E-state index is 12.5. The van der Waals surface area contributed by atoms with Gasteiger partial charge in [0.2, 0.25) is 5.95 Å². The lowest BCUT2D eigenvalue weighted by Crippen LogP contribution is -2.47. The molecule has 1 saturated heterocycles. The van der Waals surface area contributed by atoms with Crippen molar-refractivity contribution in [1.82, 2.24) is 15.3 Å². The van der Waals surface area contributed by atoms with E-state index in [1.165, 1.54) is 31.4 Å². The molecule has 148 valence electrons. The fraction of sp³-hybridized carbons (Fsp3) is 0.500. The molecule has 0 spiro atoms. The Labute approximate surface area is 167 Å². The molecule has 2 aliphatic rings. The van der Waals surface area contributed by atoms with Crippen molar-refractivity contribution in [3.05, 3.63) is 48.3 Å². The van der Waals surface area contributed by atoms with E-state index >= 15 is 0 Å². The molecule has 6 nitrogen and oxygen atoms in total. The van der Waals surface area contributed by atoms with Crippen LogP contribution in [-0.4, -0.2) is 48.1 Å². The highest BCUT2D eigenvalue weighted by molar-refractivity contribution is 5.93. The zero-order valence-corrected chi connectivity index (χ0v) is 16.4. The van der Waals surface area contributed by atoms with E-state index in [-0.39, 0.29) is 5.91 Å². The summed E-state index contributed by atoms with van der Waals surface area (Å²) in [6, 6.07) is 10.8. The van der Waals surface area contributed by atoms with Crippen molar-refractivity contribution in [3.63, 3.8) is 0 Å². The summed E-state index contributed by atoms with van der Waals surface area (Å²) in [6.07, 6.45) is 10.5. The van der Waals surface area contributed by atoms with E-state index in [9.17, 15) is 4.79 Å². The van der Waals surface area contributed by atoms with Gasteiger partial charge in [0.15, 0.2) is 0 Å². The Kier molecular flexibility index (Phi) is 6.04. The number of piperazine rings is 1. The molecule has 1 aromatic heterocycles. The molecule has 1 aliphatic carbocycles. The molecular weight excluding hydrogens is 350 g/mol. The number of carbonyl (C=O) groups is 1. The minimum absolute atomic E-state index is 0.0488. The first-order valence-corrected chi connectivity index (χ1v) is 10.5. The van der Waals surface area contributed by atoms with Gasteiger partial charge in [-0.15, -0.1) is 0 Å². The third-order valence-electron chi connectivity index (χ3n) is 5.77. The van der Waals surface area contributed by atoms with E-state index in [1.807, 2.05) is 6.07 Å². The number of aromatic nitrogens is 2. The largest absolute Gasteiger partial charge is 0.368 e. The van der Waals surface area contributed by atoms with Crippen LogP contribution in [0.15, 0.2) is 42.7 Å². The first-order valence-electron chi connectivity index (χ1n) is 10.5. The molecule has 6 heteroatoms. The Bertz CT molecular complexity index is 748. The Hall–Kier alpha value is -2.63. The van der Waals surface area contributed by atoms with Crippen LogP contribution in [0.4, 0.5) is 11.6 Å². The second-order valence-electron chi connectivity index (χ2n) is 7.74.